The van der Waals surface area contributed by atoms with Crippen LogP contribution in [0.25, 0.3) is 10.9 Å². The van der Waals surface area contributed by atoms with Crippen LogP contribution in [-0.2, 0) is 4.79 Å². The number of nitrogens with zero attached hydrogens (tertiary/aromatic N) is 1. The number of carboxylic acid groups (broad SMARTS) is 1. The standard InChI is InChI=1S/C15H17N3O3/c19-14(13-11-6-1-2-7-12(11)17-18-13)16-10-5-3-4-9(8-10)15(20)21/h1-2,6-7,9-10H,3-5,8H2,(H,16,19)(H,17,18)(H,20,21). The largest absolute Gasteiger partial charge is 0.481 e. The van der Waals surface area contributed by atoms with Crippen LogP contribution in [0.15, 0.2) is 24.3 Å². The van der Waals surface area contributed by atoms with Crippen molar-refractivity contribution in [3.05, 3.63) is 30.0 Å². The molecule has 1 aliphatic carbocycles. The monoisotopic (exact) mass is 287 g/mol. The number of amides is 1. The molecule has 2 atom stereocenters. The fourth-order valence-electron chi connectivity index (χ4n) is 2.94. The van der Waals surface area contributed by atoms with E-state index in [0.717, 1.165) is 23.7 Å². The summed E-state index contributed by atoms with van der Waals surface area (Å²) in [6.07, 6.45) is 2.82. The lowest BCUT2D eigenvalue weighted by Gasteiger charge is -2.27. The molecular formula is C15H17N3O3. The lowest BCUT2D eigenvalue weighted by atomic mass is 9.86. The summed E-state index contributed by atoms with van der Waals surface area (Å²) >= 11 is 0. The molecule has 1 heterocycles. The average Bonchev–Trinajstić information content (AvgIpc) is 2.91. The number of hydrogen-bond donors (Lipinski definition) is 3. The summed E-state index contributed by atoms with van der Waals surface area (Å²) in [5.74, 6) is -1.39. The van der Waals surface area contributed by atoms with Crippen LogP contribution in [0, 0.1) is 5.92 Å². The first kappa shape index (κ1) is 13.6. The predicted octanol–water partition coefficient (Wildman–Crippen LogP) is 1.94. The van der Waals surface area contributed by atoms with Gasteiger partial charge in [0, 0.05) is 11.4 Å². The van der Waals surface area contributed by atoms with Gasteiger partial charge in [0.2, 0.25) is 0 Å². The third-order valence-corrected chi connectivity index (χ3v) is 4.04. The maximum absolute atomic E-state index is 12.3. The first-order valence-corrected chi connectivity index (χ1v) is 7.12. The Bertz CT molecular complexity index is 680. The van der Waals surface area contributed by atoms with Crippen molar-refractivity contribution >= 4 is 22.8 Å². The molecule has 110 valence electrons. The minimum absolute atomic E-state index is 0.0946. The third kappa shape index (κ3) is 2.74. The number of fused-ring (bicyclic) bond motifs is 1. The number of carbonyl (C=O) groups excluding carboxylic acids is 1. The van der Waals surface area contributed by atoms with Crippen molar-refractivity contribution in [3.63, 3.8) is 0 Å². The topological polar surface area (TPSA) is 95.1 Å². The van der Waals surface area contributed by atoms with Gasteiger partial charge in [0.25, 0.3) is 5.91 Å². The zero-order valence-corrected chi connectivity index (χ0v) is 11.5. The van der Waals surface area contributed by atoms with Gasteiger partial charge in [-0.25, -0.2) is 0 Å². The van der Waals surface area contributed by atoms with Crippen molar-refractivity contribution in [2.45, 2.75) is 31.7 Å². The SMILES string of the molecule is O=C(NC1CCCC(C(=O)O)C1)c1n[nH]c2ccccc12. The normalized spacial score (nSPS) is 22.1. The number of aromatic nitrogens is 2. The molecule has 2 unspecified atom stereocenters. The Kier molecular flexibility index (Phi) is 3.60. The summed E-state index contributed by atoms with van der Waals surface area (Å²) in [5.41, 5.74) is 1.18. The minimum Gasteiger partial charge on any atom is -0.481 e. The average molecular weight is 287 g/mol. The van der Waals surface area contributed by atoms with Crippen molar-refractivity contribution in [1.29, 1.82) is 0 Å². The molecule has 1 aliphatic rings. The molecule has 6 heteroatoms. The Hall–Kier alpha value is -2.37. The van der Waals surface area contributed by atoms with Crippen LogP contribution in [0.1, 0.15) is 36.2 Å². The van der Waals surface area contributed by atoms with E-state index in [9.17, 15) is 9.59 Å². The molecule has 1 aromatic heterocycles. The van der Waals surface area contributed by atoms with Crippen molar-refractivity contribution < 1.29 is 14.7 Å². The van der Waals surface area contributed by atoms with E-state index in [1.165, 1.54) is 0 Å². The van der Waals surface area contributed by atoms with Crippen LogP contribution >= 0.6 is 0 Å². The first-order chi connectivity index (χ1) is 10.1. The number of aromatic amines is 1. The van der Waals surface area contributed by atoms with Gasteiger partial charge in [-0.2, -0.15) is 5.10 Å². The highest BCUT2D eigenvalue weighted by Gasteiger charge is 2.28. The van der Waals surface area contributed by atoms with Gasteiger partial charge in [-0.3, -0.25) is 14.7 Å². The maximum Gasteiger partial charge on any atom is 0.306 e. The number of aliphatic carboxylic acids is 1. The third-order valence-electron chi connectivity index (χ3n) is 4.04. The molecule has 1 aromatic carbocycles. The molecule has 1 amide bonds. The molecule has 1 saturated carbocycles. The molecule has 0 saturated heterocycles. The van der Waals surface area contributed by atoms with Gasteiger partial charge in [-0.15, -0.1) is 0 Å². The van der Waals surface area contributed by atoms with Gasteiger partial charge < -0.3 is 10.4 Å². The van der Waals surface area contributed by atoms with Crippen LogP contribution in [0.5, 0.6) is 0 Å². The first-order valence-electron chi connectivity index (χ1n) is 7.12. The molecule has 0 aliphatic heterocycles. The maximum atomic E-state index is 12.3. The number of carbonyl (C=O) groups is 2. The van der Waals surface area contributed by atoms with E-state index in [-0.39, 0.29) is 17.9 Å². The lowest BCUT2D eigenvalue weighted by molar-refractivity contribution is -0.143. The molecule has 3 rings (SSSR count). The molecule has 0 spiro atoms. The number of hydrogen-bond acceptors (Lipinski definition) is 3. The van der Waals surface area contributed by atoms with Crippen molar-refractivity contribution in [1.82, 2.24) is 15.5 Å². The summed E-state index contributed by atoms with van der Waals surface area (Å²) in [4.78, 5) is 23.4. The Morgan fingerprint density at radius 1 is 1.29 bits per heavy atom. The van der Waals surface area contributed by atoms with E-state index >= 15 is 0 Å². The van der Waals surface area contributed by atoms with Gasteiger partial charge in [0.1, 0.15) is 0 Å². The Morgan fingerprint density at radius 3 is 2.90 bits per heavy atom. The molecule has 21 heavy (non-hydrogen) atoms. The van der Waals surface area contributed by atoms with Crippen LogP contribution in [-0.4, -0.2) is 33.2 Å². The second-order valence-electron chi connectivity index (χ2n) is 5.49. The fourth-order valence-corrected chi connectivity index (χ4v) is 2.94. The quantitative estimate of drug-likeness (QED) is 0.804. The van der Waals surface area contributed by atoms with Crippen LogP contribution < -0.4 is 5.32 Å². The summed E-state index contributed by atoms with van der Waals surface area (Å²) in [7, 11) is 0. The zero-order valence-electron chi connectivity index (χ0n) is 11.5. The zero-order chi connectivity index (χ0) is 14.8. The second-order valence-corrected chi connectivity index (χ2v) is 5.49. The summed E-state index contributed by atoms with van der Waals surface area (Å²) in [6.45, 7) is 0. The van der Waals surface area contributed by atoms with Gasteiger partial charge in [-0.05, 0) is 25.3 Å². The summed E-state index contributed by atoms with van der Waals surface area (Å²) in [6, 6.07) is 7.34. The molecular weight excluding hydrogens is 270 g/mol. The highest BCUT2D eigenvalue weighted by Crippen LogP contribution is 2.25. The van der Waals surface area contributed by atoms with E-state index in [2.05, 4.69) is 15.5 Å². The lowest BCUT2D eigenvalue weighted by Crippen LogP contribution is -2.40. The fraction of sp³-hybridized carbons (Fsp3) is 0.400. The Labute approximate surface area is 121 Å². The smallest absolute Gasteiger partial charge is 0.306 e. The molecule has 3 N–H and O–H groups in total. The van der Waals surface area contributed by atoms with Gasteiger partial charge >= 0.3 is 5.97 Å². The highest BCUT2D eigenvalue weighted by atomic mass is 16.4. The molecule has 0 bridgehead atoms. The summed E-state index contributed by atoms with van der Waals surface area (Å²) < 4.78 is 0. The minimum atomic E-state index is -0.779. The Balaban J connectivity index is 1.73. The number of nitrogens with one attached hydrogen (secondary N) is 2. The Morgan fingerprint density at radius 2 is 2.10 bits per heavy atom. The van der Waals surface area contributed by atoms with E-state index in [0.29, 0.717) is 18.5 Å². The number of para-hydroxylation sites is 1. The van der Waals surface area contributed by atoms with E-state index in [1.807, 2.05) is 24.3 Å². The van der Waals surface area contributed by atoms with Crippen LogP contribution in [0.4, 0.5) is 0 Å². The van der Waals surface area contributed by atoms with Crippen LogP contribution in [0.2, 0.25) is 0 Å². The number of H-pyrrole nitrogens is 1. The van der Waals surface area contributed by atoms with Crippen molar-refractivity contribution in [3.8, 4) is 0 Å². The number of rotatable bonds is 3. The van der Waals surface area contributed by atoms with E-state index in [4.69, 9.17) is 5.11 Å². The molecule has 1 fully saturated rings. The highest BCUT2D eigenvalue weighted by molar-refractivity contribution is 6.04. The van der Waals surface area contributed by atoms with Gasteiger partial charge in [-0.1, -0.05) is 24.6 Å². The van der Waals surface area contributed by atoms with Crippen LogP contribution in [0.3, 0.4) is 0 Å². The van der Waals surface area contributed by atoms with Crippen molar-refractivity contribution in [2.75, 3.05) is 0 Å². The molecule has 2 aromatic rings. The van der Waals surface area contributed by atoms with E-state index < -0.39 is 5.97 Å². The molecule has 0 radical (unpaired) electrons. The summed E-state index contributed by atoms with van der Waals surface area (Å²) in [5, 5.41) is 19.7. The second kappa shape index (κ2) is 5.55. The van der Waals surface area contributed by atoms with E-state index in [1.54, 1.807) is 0 Å². The van der Waals surface area contributed by atoms with Gasteiger partial charge in [0.05, 0.1) is 11.4 Å². The van der Waals surface area contributed by atoms with Gasteiger partial charge in [0.15, 0.2) is 5.69 Å². The number of carboxylic acids is 1. The van der Waals surface area contributed by atoms with Crippen molar-refractivity contribution in [2.24, 2.45) is 5.92 Å². The molecule has 6 nitrogen and oxygen atoms in total. The predicted molar refractivity (Wildman–Crippen MR) is 76.9 cm³/mol. The number of benzene rings is 1.